The van der Waals surface area contributed by atoms with Crippen LogP contribution in [-0.2, 0) is 9.59 Å². The van der Waals surface area contributed by atoms with Crippen molar-refractivity contribution in [2.45, 2.75) is 32.7 Å². The SMILES string of the molecule is CN(CC(=O)NCC1CCN(c2ccccc2)C1)CC(=O)NC(C)(C)C. The van der Waals surface area contributed by atoms with E-state index in [1.165, 1.54) is 5.69 Å². The molecule has 6 heteroatoms. The van der Waals surface area contributed by atoms with E-state index in [1.807, 2.05) is 26.8 Å². The lowest BCUT2D eigenvalue weighted by Gasteiger charge is -2.23. The van der Waals surface area contributed by atoms with Crippen molar-refractivity contribution in [2.24, 2.45) is 5.92 Å². The molecule has 1 aliphatic heterocycles. The predicted octanol–water partition coefficient (Wildman–Crippen LogP) is 1.48. The quantitative estimate of drug-likeness (QED) is 0.773. The maximum Gasteiger partial charge on any atom is 0.234 e. The van der Waals surface area contributed by atoms with Gasteiger partial charge in [0.2, 0.25) is 11.8 Å². The van der Waals surface area contributed by atoms with Crippen molar-refractivity contribution < 1.29 is 9.59 Å². The maximum absolute atomic E-state index is 12.1. The Bertz CT molecular complexity index is 598. The molecule has 1 heterocycles. The van der Waals surface area contributed by atoms with Gasteiger partial charge in [0, 0.05) is 30.9 Å². The smallest absolute Gasteiger partial charge is 0.234 e. The van der Waals surface area contributed by atoms with Gasteiger partial charge in [0.15, 0.2) is 0 Å². The number of rotatable bonds is 7. The van der Waals surface area contributed by atoms with Crippen LogP contribution in [0.1, 0.15) is 27.2 Å². The highest BCUT2D eigenvalue weighted by molar-refractivity contribution is 5.81. The molecule has 0 radical (unpaired) electrons. The second-order valence-corrected chi connectivity index (χ2v) is 8.21. The molecule has 1 fully saturated rings. The molecule has 26 heavy (non-hydrogen) atoms. The number of benzene rings is 1. The summed E-state index contributed by atoms with van der Waals surface area (Å²) in [5.41, 5.74) is 0.985. The van der Waals surface area contributed by atoms with Crippen molar-refractivity contribution in [2.75, 3.05) is 44.7 Å². The monoisotopic (exact) mass is 360 g/mol. The van der Waals surface area contributed by atoms with Crippen LogP contribution in [0.4, 0.5) is 5.69 Å². The van der Waals surface area contributed by atoms with Gasteiger partial charge in [0.1, 0.15) is 0 Å². The molecule has 144 valence electrons. The first-order chi connectivity index (χ1) is 12.2. The summed E-state index contributed by atoms with van der Waals surface area (Å²) in [6, 6.07) is 10.4. The van der Waals surface area contributed by atoms with Crippen molar-refractivity contribution in [3.8, 4) is 0 Å². The van der Waals surface area contributed by atoms with Crippen molar-refractivity contribution in [3.63, 3.8) is 0 Å². The first-order valence-corrected chi connectivity index (χ1v) is 9.29. The third-order valence-corrected chi connectivity index (χ3v) is 4.34. The Hall–Kier alpha value is -2.08. The standard InChI is InChI=1S/C20H32N4O2/c1-20(2,3)22-19(26)15-23(4)14-18(25)21-12-16-10-11-24(13-16)17-8-6-5-7-9-17/h5-9,16H,10-15H2,1-4H3,(H,21,25)(H,22,26). The number of hydrogen-bond donors (Lipinski definition) is 2. The van der Waals surface area contributed by atoms with E-state index in [9.17, 15) is 9.59 Å². The average molecular weight is 361 g/mol. The van der Waals surface area contributed by atoms with Gasteiger partial charge in [-0.3, -0.25) is 14.5 Å². The third-order valence-electron chi connectivity index (χ3n) is 4.34. The molecule has 2 rings (SSSR count). The Morgan fingerprint density at radius 1 is 1.15 bits per heavy atom. The Kier molecular flexibility index (Phi) is 7.03. The highest BCUT2D eigenvalue weighted by Gasteiger charge is 2.23. The summed E-state index contributed by atoms with van der Waals surface area (Å²) >= 11 is 0. The van der Waals surface area contributed by atoms with E-state index in [4.69, 9.17) is 0 Å². The Morgan fingerprint density at radius 2 is 1.81 bits per heavy atom. The van der Waals surface area contributed by atoms with Crippen LogP contribution in [0.3, 0.4) is 0 Å². The summed E-state index contributed by atoms with van der Waals surface area (Å²) < 4.78 is 0. The molecule has 1 saturated heterocycles. The van der Waals surface area contributed by atoms with Crippen LogP contribution >= 0.6 is 0 Å². The first kappa shape index (κ1) is 20.2. The Morgan fingerprint density at radius 3 is 2.46 bits per heavy atom. The van der Waals surface area contributed by atoms with Gasteiger partial charge in [-0.1, -0.05) is 18.2 Å². The van der Waals surface area contributed by atoms with Crippen LogP contribution in [0.5, 0.6) is 0 Å². The number of hydrogen-bond acceptors (Lipinski definition) is 4. The Labute approximate surface area is 156 Å². The molecule has 1 atom stereocenters. The first-order valence-electron chi connectivity index (χ1n) is 9.29. The normalized spacial score (nSPS) is 17.4. The van der Waals surface area contributed by atoms with Crippen LogP contribution in [0, 0.1) is 5.92 Å². The summed E-state index contributed by atoms with van der Waals surface area (Å²) in [5, 5.41) is 5.91. The van der Waals surface area contributed by atoms with Gasteiger partial charge in [-0.05, 0) is 52.3 Å². The zero-order valence-corrected chi connectivity index (χ0v) is 16.4. The fourth-order valence-electron chi connectivity index (χ4n) is 3.19. The number of nitrogens with one attached hydrogen (secondary N) is 2. The number of amides is 2. The van der Waals surface area contributed by atoms with Gasteiger partial charge in [0.05, 0.1) is 13.1 Å². The van der Waals surface area contributed by atoms with Crippen molar-refractivity contribution in [1.82, 2.24) is 15.5 Å². The molecular weight excluding hydrogens is 328 g/mol. The van der Waals surface area contributed by atoms with Crippen LogP contribution < -0.4 is 15.5 Å². The van der Waals surface area contributed by atoms with E-state index in [0.717, 1.165) is 19.5 Å². The number of carbonyl (C=O) groups is 2. The van der Waals surface area contributed by atoms with E-state index in [1.54, 1.807) is 11.9 Å². The van der Waals surface area contributed by atoms with Gasteiger partial charge >= 0.3 is 0 Å². The molecule has 6 nitrogen and oxygen atoms in total. The molecule has 2 N–H and O–H groups in total. The fraction of sp³-hybridized carbons (Fsp3) is 0.600. The van der Waals surface area contributed by atoms with Gasteiger partial charge in [-0.25, -0.2) is 0 Å². The minimum Gasteiger partial charge on any atom is -0.371 e. The van der Waals surface area contributed by atoms with Crippen molar-refractivity contribution >= 4 is 17.5 Å². The zero-order chi connectivity index (χ0) is 19.2. The minimum absolute atomic E-state index is 0.0331. The van der Waals surface area contributed by atoms with Gasteiger partial charge in [-0.15, -0.1) is 0 Å². The largest absolute Gasteiger partial charge is 0.371 e. The van der Waals surface area contributed by atoms with Crippen LogP contribution in [0.25, 0.3) is 0 Å². The second-order valence-electron chi connectivity index (χ2n) is 8.21. The molecular formula is C20H32N4O2. The van der Waals surface area contributed by atoms with E-state index in [0.29, 0.717) is 12.5 Å². The molecule has 0 bridgehead atoms. The molecule has 0 saturated carbocycles. The van der Waals surface area contributed by atoms with Gasteiger partial charge in [0.25, 0.3) is 0 Å². The summed E-state index contributed by atoms with van der Waals surface area (Å²) in [4.78, 5) is 28.1. The molecule has 2 amide bonds. The molecule has 1 aromatic rings. The highest BCUT2D eigenvalue weighted by atomic mass is 16.2. The Balaban J connectivity index is 1.67. The maximum atomic E-state index is 12.1. The summed E-state index contributed by atoms with van der Waals surface area (Å²) in [6.45, 7) is 8.95. The van der Waals surface area contributed by atoms with Crippen LogP contribution in [0.15, 0.2) is 30.3 Å². The van der Waals surface area contributed by atoms with Crippen molar-refractivity contribution in [1.29, 1.82) is 0 Å². The fourth-order valence-corrected chi connectivity index (χ4v) is 3.19. The van der Waals surface area contributed by atoms with Crippen molar-refractivity contribution in [3.05, 3.63) is 30.3 Å². The number of para-hydroxylation sites is 1. The number of nitrogens with zero attached hydrogens (tertiary/aromatic N) is 2. The number of likely N-dealkylation sites (N-methyl/N-ethyl adjacent to an activating group) is 1. The lowest BCUT2D eigenvalue weighted by Crippen LogP contribution is -2.47. The molecule has 1 aromatic carbocycles. The van der Waals surface area contributed by atoms with Crippen LogP contribution in [-0.4, -0.2) is 62.0 Å². The molecule has 0 aromatic heterocycles. The van der Waals surface area contributed by atoms with Gasteiger partial charge < -0.3 is 15.5 Å². The molecule has 0 spiro atoms. The highest BCUT2D eigenvalue weighted by Crippen LogP contribution is 2.22. The van der Waals surface area contributed by atoms with Crippen LogP contribution in [0.2, 0.25) is 0 Å². The number of anilines is 1. The second kappa shape index (κ2) is 9.03. The summed E-state index contributed by atoms with van der Waals surface area (Å²) in [6.07, 6.45) is 1.08. The summed E-state index contributed by atoms with van der Waals surface area (Å²) in [5.74, 6) is 0.366. The van der Waals surface area contributed by atoms with E-state index < -0.39 is 0 Å². The zero-order valence-electron chi connectivity index (χ0n) is 16.4. The van der Waals surface area contributed by atoms with E-state index >= 15 is 0 Å². The van der Waals surface area contributed by atoms with E-state index in [-0.39, 0.29) is 30.4 Å². The lowest BCUT2D eigenvalue weighted by molar-refractivity contribution is -0.125. The number of carbonyl (C=O) groups excluding carboxylic acids is 2. The molecule has 1 aliphatic rings. The van der Waals surface area contributed by atoms with E-state index in [2.05, 4.69) is 39.8 Å². The lowest BCUT2D eigenvalue weighted by atomic mass is 10.1. The van der Waals surface area contributed by atoms with Gasteiger partial charge in [-0.2, -0.15) is 0 Å². The topological polar surface area (TPSA) is 64.7 Å². The molecule has 0 aliphatic carbocycles. The summed E-state index contributed by atoms with van der Waals surface area (Å²) in [7, 11) is 1.79. The minimum atomic E-state index is -0.257. The third kappa shape index (κ3) is 7.04. The molecule has 1 unspecified atom stereocenters. The average Bonchev–Trinajstić information content (AvgIpc) is 3.00. The predicted molar refractivity (Wildman–Crippen MR) is 105 cm³/mol.